The van der Waals surface area contributed by atoms with Crippen molar-refractivity contribution in [1.82, 2.24) is 24.9 Å². The van der Waals surface area contributed by atoms with E-state index in [-0.39, 0.29) is 5.91 Å². The average Bonchev–Trinajstić information content (AvgIpc) is 3.06. The molecule has 1 saturated heterocycles. The SMILES string of the molecule is Cc1cc(C)n(CC2CCN(CC(=O)Nc3nnc(C)s3)CC2)n1. The molecular weight excluding hydrogens is 324 g/mol. The Morgan fingerprint density at radius 2 is 2.04 bits per heavy atom. The van der Waals surface area contributed by atoms with Gasteiger partial charge in [-0.3, -0.25) is 19.7 Å². The van der Waals surface area contributed by atoms with Crippen molar-refractivity contribution in [1.29, 1.82) is 0 Å². The molecule has 0 aromatic carbocycles. The van der Waals surface area contributed by atoms with Gasteiger partial charge in [-0.2, -0.15) is 5.10 Å². The zero-order chi connectivity index (χ0) is 17.1. The van der Waals surface area contributed by atoms with Crippen molar-refractivity contribution in [3.05, 3.63) is 22.5 Å². The second-order valence-corrected chi connectivity index (χ2v) is 7.68. The van der Waals surface area contributed by atoms with Gasteiger partial charge in [0.25, 0.3) is 0 Å². The summed E-state index contributed by atoms with van der Waals surface area (Å²) >= 11 is 1.40. The van der Waals surface area contributed by atoms with Gasteiger partial charge in [-0.25, -0.2) is 0 Å². The molecule has 3 rings (SSSR count). The lowest BCUT2D eigenvalue weighted by Gasteiger charge is -2.31. The lowest BCUT2D eigenvalue weighted by atomic mass is 9.97. The molecular formula is C16H24N6OS. The maximum atomic E-state index is 12.1. The van der Waals surface area contributed by atoms with Crippen LogP contribution in [0.15, 0.2) is 6.07 Å². The Kier molecular flexibility index (Phi) is 5.25. The van der Waals surface area contributed by atoms with E-state index in [1.54, 1.807) is 0 Å². The van der Waals surface area contributed by atoms with E-state index in [2.05, 4.69) is 43.2 Å². The van der Waals surface area contributed by atoms with E-state index in [0.717, 1.165) is 43.2 Å². The molecule has 0 atom stereocenters. The number of piperidine rings is 1. The zero-order valence-corrected chi connectivity index (χ0v) is 15.3. The number of carbonyl (C=O) groups excluding carboxylic acids is 1. The van der Waals surface area contributed by atoms with Crippen molar-refractivity contribution in [2.24, 2.45) is 5.92 Å². The summed E-state index contributed by atoms with van der Waals surface area (Å²) in [5.74, 6) is 0.622. The standard InChI is InChI=1S/C16H24N6OS/c1-11-8-12(2)22(20-11)9-14-4-6-21(7-5-14)10-15(23)17-16-19-18-13(3)24-16/h8,14H,4-7,9-10H2,1-3H3,(H,17,19,23). The molecule has 0 bridgehead atoms. The number of hydrogen-bond donors (Lipinski definition) is 1. The highest BCUT2D eigenvalue weighted by Crippen LogP contribution is 2.20. The Morgan fingerprint density at radius 1 is 1.29 bits per heavy atom. The summed E-state index contributed by atoms with van der Waals surface area (Å²) in [5.41, 5.74) is 2.30. The first-order chi connectivity index (χ1) is 11.5. The minimum Gasteiger partial charge on any atom is -0.299 e. The van der Waals surface area contributed by atoms with Crippen LogP contribution in [-0.2, 0) is 11.3 Å². The molecule has 0 spiro atoms. The molecule has 0 unspecified atom stereocenters. The van der Waals surface area contributed by atoms with Gasteiger partial charge in [-0.15, -0.1) is 10.2 Å². The number of likely N-dealkylation sites (tertiary alicyclic amines) is 1. The number of amides is 1. The summed E-state index contributed by atoms with van der Waals surface area (Å²) in [6.07, 6.45) is 2.20. The summed E-state index contributed by atoms with van der Waals surface area (Å²) < 4.78 is 2.11. The second kappa shape index (κ2) is 7.40. The van der Waals surface area contributed by atoms with Gasteiger partial charge in [0.2, 0.25) is 11.0 Å². The summed E-state index contributed by atoms with van der Waals surface area (Å²) in [4.78, 5) is 14.3. The molecule has 7 nitrogen and oxygen atoms in total. The normalized spacial score (nSPS) is 16.5. The highest BCUT2D eigenvalue weighted by atomic mass is 32.1. The minimum absolute atomic E-state index is 0.0110. The predicted octanol–water partition coefficient (Wildman–Crippen LogP) is 2.01. The molecule has 1 aliphatic heterocycles. The van der Waals surface area contributed by atoms with Crippen molar-refractivity contribution in [3.8, 4) is 0 Å². The molecule has 130 valence electrons. The van der Waals surface area contributed by atoms with Gasteiger partial charge < -0.3 is 0 Å². The molecule has 2 aromatic heterocycles. The van der Waals surface area contributed by atoms with Crippen LogP contribution in [0.25, 0.3) is 0 Å². The molecule has 0 radical (unpaired) electrons. The molecule has 1 fully saturated rings. The van der Waals surface area contributed by atoms with Gasteiger partial charge in [-0.1, -0.05) is 11.3 Å². The number of anilines is 1. The lowest BCUT2D eigenvalue weighted by molar-refractivity contribution is -0.117. The smallest absolute Gasteiger partial charge is 0.240 e. The second-order valence-electron chi connectivity index (χ2n) is 6.50. The Hall–Kier alpha value is -1.80. The summed E-state index contributed by atoms with van der Waals surface area (Å²) in [5, 5.41) is 16.6. The molecule has 24 heavy (non-hydrogen) atoms. The van der Waals surface area contributed by atoms with Crippen molar-refractivity contribution in [3.63, 3.8) is 0 Å². The Bertz CT molecular complexity index is 701. The molecule has 1 aliphatic rings. The lowest BCUT2D eigenvalue weighted by Crippen LogP contribution is -2.40. The fraction of sp³-hybridized carbons (Fsp3) is 0.625. The quantitative estimate of drug-likeness (QED) is 0.894. The number of carbonyl (C=O) groups is 1. The van der Waals surface area contributed by atoms with E-state index in [0.29, 0.717) is 17.6 Å². The van der Waals surface area contributed by atoms with E-state index in [1.807, 2.05) is 13.8 Å². The summed E-state index contributed by atoms with van der Waals surface area (Å²) in [6, 6.07) is 2.12. The molecule has 1 N–H and O–H groups in total. The van der Waals surface area contributed by atoms with Crippen LogP contribution in [0.1, 0.15) is 29.2 Å². The van der Waals surface area contributed by atoms with Crippen LogP contribution < -0.4 is 5.32 Å². The topological polar surface area (TPSA) is 75.9 Å². The third kappa shape index (κ3) is 4.39. The van der Waals surface area contributed by atoms with Gasteiger partial charge in [0.1, 0.15) is 5.01 Å². The first-order valence-electron chi connectivity index (χ1n) is 8.33. The fourth-order valence-corrected chi connectivity index (χ4v) is 3.75. The van der Waals surface area contributed by atoms with Crippen LogP contribution in [0.2, 0.25) is 0 Å². The Labute approximate surface area is 146 Å². The van der Waals surface area contributed by atoms with Gasteiger partial charge in [0.15, 0.2) is 0 Å². The fourth-order valence-electron chi connectivity index (χ4n) is 3.14. The molecule has 8 heteroatoms. The van der Waals surface area contributed by atoms with Crippen LogP contribution in [0.5, 0.6) is 0 Å². The van der Waals surface area contributed by atoms with Crippen LogP contribution in [0.3, 0.4) is 0 Å². The van der Waals surface area contributed by atoms with E-state index >= 15 is 0 Å². The number of nitrogens with one attached hydrogen (secondary N) is 1. The maximum absolute atomic E-state index is 12.1. The Morgan fingerprint density at radius 3 is 2.62 bits per heavy atom. The Balaban J connectivity index is 1.43. The largest absolute Gasteiger partial charge is 0.299 e. The van der Waals surface area contributed by atoms with Crippen LogP contribution in [-0.4, -0.2) is 50.4 Å². The maximum Gasteiger partial charge on any atom is 0.240 e. The molecule has 2 aromatic rings. The van der Waals surface area contributed by atoms with E-state index in [4.69, 9.17) is 0 Å². The molecule has 0 saturated carbocycles. The zero-order valence-electron chi connectivity index (χ0n) is 14.4. The third-order valence-corrected chi connectivity index (χ3v) is 5.14. The van der Waals surface area contributed by atoms with Gasteiger partial charge in [0.05, 0.1) is 12.2 Å². The number of aryl methyl sites for hydroxylation is 3. The van der Waals surface area contributed by atoms with Gasteiger partial charge >= 0.3 is 0 Å². The molecule has 1 amide bonds. The molecule has 0 aliphatic carbocycles. The van der Waals surface area contributed by atoms with Crippen LogP contribution >= 0.6 is 11.3 Å². The van der Waals surface area contributed by atoms with Gasteiger partial charge in [-0.05, 0) is 58.7 Å². The van der Waals surface area contributed by atoms with Crippen molar-refractivity contribution < 1.29 is 4.79 Å². The van der Waals surface area contributed by atoms with Crippen molar-refractivity contribution >= 4 is 22.4 Å². The number of nitrogens with zero attached hydrogens (tertiary/aromatic N) is 5. The highest BCUT2D eigenvalue weighted by molar-refractivity contribution is 7.15. The number of hydrogen-bond acceptors (Lipinski definition) is 6. The highest BCUT2D eigenvalue weighted by Gasteiger charge is 2.22. The first kappa shape index (κ1) is 17.0. The van der Waals surface area contributed by atoms with E-state index in [9.17, 15) is 4.79 Å². The van der Waals surface area contributed by atoms with E-state index in [1.165, 1.54) is 17.0 Å². The third-order valence-electron chi connectivity index (χ3n) is 4.38. The average molecular weight is 348 g/mol. The number of rotatable bonds is 5. The minimum atomic E-state index is -0.0110. The van der Waals surface area contributed by atoms with E-state index < -0.39 is 0 Å². The summed E-state index contributed by atoms with van der Waals surface area (Å²) in [7, 11) is 0. The van der Waals surface area contributed by atoms with Crippen LogP contribution in [0.4, 0.5) is 5.13 Å². The monoisotopic (exact) mass is 348 g/mol. The van der Waals surface area contributed by atoms with Crippen molar-refractivity contribution in [2.45, 2.75) is 40.2 Å². The summed E-state index contributed by atoms with van der Waals surface area (Å²) in [6.45, 7) is 9.31. The predicted molar refractivity (Wildman–Crippen MR) is 94.1 cm³/mol. The first-order valence-corrected chi connectivity index (χ1v) is 9.14. The molecule has 3 heterocycles. The van der Waals surface area contributed by atoms with Crippen molar-refractivity contribution in [2.75, 3.05) is 25.0 Å². The van der Waals surface area contributed by atoms with Gasteiger partial charge in [0, 0.05) is 12.2 Å². The van der Waals surface area contributed by atoms with Crippen LogP contribution in [0, 0.1) is 26.7 Å². The number of aromatic nitrogens is 4.